The van der Waals surface area contributed by atoms with Crippen LogP contribution < -0.4 is 0 Å². The average Bonchev–Trinajstić information content (AvgIpc) is 2.51. The summed E-state index contributed by atoms with van der Waals surface area (Å²) in [4.78, 5) is 4.62. The van der Waals surface area contributed by atoms with Crippen molar-refractivity contribution in [2.45, 2.75) is 25.0 Å². The Bertz CT molecular complexity index is 413. The molecule has 1 aromatic carbocycles. The summed E-state index contributed by atoms with van der Waals surface area (Å²) in [5.41, 5.74) is 1.18. The van der Waals surface area contributed by atoms with Gasteiger partial charge in [-0.15, -0.1) is 0 Å². The first-order chi connectivity index (χ1) is 9.06. The number of nitrogens with zero attached hydrogens (tertiary/aromatic N) is 2. The Kier molecular flexibility index (Phi) is 5.39. The number of benzene rings is 1. The normalized spacial score (nSPS) is 24.1. The molecule has 1 saturated heterocycles. The standard InChI is InChI=1S/C15H23BrN2O/c1-17-7-4-8-18(2)14(11-17)15(19)10-12-5-3-6-13(16)9-12/h3,5-6,9,14-15,19H,4,7-8,10-11H2,1-2H3. The first-order valence-corrected chi connectivity index (χ1v) is 7.67. The average molecular weight is 327 g/mol. The van der Waals surface area contributed by atoms with Gasteiger partial charge in [0.15, 0.2) is 0 Å². The van der Waals surface area contributed by atoms with Gasteiger partial charge in [-0.1, -0.05) is 28.1 Å². The molecule has 2 rings (SSSR count). The third kappa shape index (κ3) is 4.28. The Morgan fingerprint density at radius 3 is 2.89 bits per heavy atom. The molecule has 0 amide bonds. The number of halogens is 1. The lowest BCUT2D eigenvalue weighted by Gasteiger charge is -2.31. The van der Waals surface area contributed by atoms with Crippen LogP contribution in [0.25, 0.3) is 0 Å². The van der Waals surface area contributed by atoms with E-state index in [0.29, 0.717) is 6.42 Å². The van der Waals surface area contributed by atoms with Gasteiger partial charge in [0.25, 0.3) is 0 Å². The molecule has 2 atom stereocenters. The Morgan fingerprint density at radius 1 is 1.37 bits per heavy atom. The Balaban J connectivity index is 2.03. The van der Waals surface area contributed by atoms with Crippen molar-refractivity contribution in [3.05, 3.63) is 34.3 Å². The van der Waals surface area contributed by atoms with Gasteiger partial charge in [-0.05, 0) is 57.7 Å². The highest BCUT2D eigenvalue weighted by molar-refractivity contribution is 9.10. The lowest BCUT2D eigenvalue weighted by atomic mass is 10.0. The molecule has 0 saturated carbocycles. The van der Waals surface area contributed by atoms with E-state index in [0.717, 1.165) is 24.1 Å². The maximum absolute atomic E-state index is 10.5. The molecule has 106 valence electrons. The topological polar surface area (TPSA) is 26.7 Å². The maximum Gasteiger partial charge on any atom is 0.0747 e. The minimum Gasteiger partial charge on any atom is -0.391 e. The van der Waals surface area contributed by atoms with Crippen LogP contribution in [0.3, 0.4) is 0 Å². The highest BCUT2D eigenvalue weighted by atomic mass is 79.9. The molecule has 1 heterocycles. The second kappa shape index (κ2) is 6.84. The lowest BCUT2D eigenvalue weighted by molar-refractivity contribution is 0.0581. The SMILES string of the molecule is CN1CCCN(C)C(C(O)Cc2cccc(Br)c2)C1. The van der Waals surface area contributed by atoms with Gasteiger partial charge in [-0.2, -0.15) is 0 Å². The zero-order chi connectivity index (χ0) is 13.8. The molecule has 1 aliphatic rings. The van der Waals surface area contributed by atoms with E-state index >= 15 is 0 Å². The van der Waals surface area contributed by atoms with Crippen LogP contribution in [0.4, 0.5) is 0 Å². The van der Waals surface area contributed by atoms with Gasteiger partial charge in [-0.3, -0.25) is 4.90 Å². The van der Waals surface area contributed by atoms with Crippen molar-refractivity contribution in [1.29, 1.82) is 0 Å². The van der Waals surface area contributed by atoms with Crippen molar-refractivity contribution in [2.24, 2.45) is 0 Å². The van der Waals surface area contributed by atoms with Crippen molar-refractivity contribution in [1.82, 2.24) is 9.80 Å². The summed E-state index contributed by atoms with van der Waals surface area (Å²) in [5.74, 6) is 0. The number of aliphatic hydroxyl groups excluding tert-OH is 1. The fourth-order valence-corrected chi connectivity index (χ4v) is 3.21. The second-order valence-corrected chi connectivity index (χ2v) is 6.48. The predicted octanol–water partition coefficient (Wildman–Crippen LogP) is 1.99. The number of hydrogen-bond donors (Lipinski definition) is 1. The highest BCUT2D eigenvalue weighted by Crippen LogP contribution is 2.17. The minimum atomic E-state index is -0.320. The van der Waals surface area contributed by atoms with E-state index in [1.54, 1.807) is 0 Å². The van der Waals surface area contributed by atoms with Crippen LogP contribution >= 0.6 is 15.9 Å². The summed E-state index contributed by atoms with van der Waals surface area (Å²) in [6.07, 6.45) is 1.56. The van der Waals surface area contributed by atoms with Gasteiger partial charge < -0.3 is 10.0 Å². The zero-order valence-corrected chi connectivity index (χ0v) is 13.3. The van der Waals surface area contributed by atoms with Crippen LogP contribution in [0, 0.1) is 0 Å². The fourth-order valence-electron chi connectivity index (χ4n) is 2.76. The maximum atomic E-state index is 10.5. The molecule has 0 bridgehead atoms. The van der Waals surface area contributed by atoms with E-state index in [-0.39, 0.29) is 12.1 Å². The van der Waals surface area contributed by atoms with Crippen molar-refractivity contribution < 1.29 is 5.11 Å². The van der Waals surface area contributed by atoms with E-state index in [1.807, 2.05) is 12.1 Å². The summed E-state index contributed by atoms with van der Waals surface area (Å²) in [6, 6.07) is 8.42. The molecule has 0 aromatic heterocycles. The first kappa shape index (κ1) is 15.0. The molecule has 0 spiro atoms. The van der Waals surface area contributed by atoms with Gasteiger partial charge in [0.05, 0.1) is 6.10 Å². The fraction of sp³-hybridized carbons (Fsp3) is 0.600. The highest BCUT2D eigenvalue weighted by Gasteiger charge is 2.27. The quantitative estimate of drug-likeness (QED) is 0.920. The minimum absolute atomic E-state index is 0.214. The monoisotopic (exact) mass is 326 g/mol. The summed E-state index contributed by atoms with van der Waals surface area (Å²) < 4.78 is 1.07. The summed E-state index contributed by atoms with van der Waals surface area (Å²) in [6.45, 7) is 3.11. The number of aliphatic hydroxyl groups is 1. The lowest BCUT2D eigenvalue weighted by Crippen LogP contribution is -2.46. The summed E-state index contributed by atoms with van der Waals surface area (Å²) in [7, 11) is 4.26. The van der Waals surface area contributed by atoms with Crippen LogP contribution in [0.1, 0.15) is 12.0 Å². The van der Waals surface area contributed by atoms with Gasteiger partial charge in [0.1, 0.15) is 0 Å². The molecule has 2 unspecified atom stereocenters. The molecule has 1 aromatic rings. The molecule has 19 heavy (non-hydrogen) atoms. The number of rotatable bonds is 3. The molecule has 0 aliphatic carbocycles. The second-order valence-electron chi connectivity index (χ2n) is 5.57. The van der Waals surface area contributed by atoms with Gasteiger partial charge >= 0.3 is 0 Å². The zero-order valence-electron chi connectivity index (χ0n) is 11.7. The van der Waals surface area contributed by atoms with Gasteiger partial charge in [-0.25, -0.2) is 0 Å². The van der Waals surface area contributed by atoms with Crippen LogP contribution in [0.5, 0.6) is 0 Å². The molecular formula is C15H23BrN2O. The van der Waals surface area contributed by atoms with E-state index in [2.05, 4.69) is 52.0 Å². The molecule has 3 nitrogen and oxygen atoms in total. The van der Waals surface area contributed by atoms with Crippen LogP contribution in [0.2, 0.25) is 0 Å². The van der Waals surface area contributed by atoms with Crippen molar-refractivity contribution >= 4 is 15.9 Å². The van der Waals surface area contributed by atoms with Crippen LogP contribution in [0.15, 0.2) is 28.7 Å². The van der Waals surface area contributed by atoms with E-state index in [4.69, 9.17) is 0 Å². The molecule has 1 fully saturated rings. The largest absolute Gasteiger partial charge is 0.391 e. The molecule has 1 aliphatic heterocycles. The Morgan fingerprint density at radius 2 is 2.16 bits per heavy atom. The Labute approximate surface area is 124 Å². The molecular weight excluding hydrogens is 304 g/mol. The van der Waals surface area contributed by atoms with Crippen molar-refractivity contribution in [3.8, 4) is 0 Å². The molecule has 1 N–H and O–H groups in total. The smallest absolute Gasteiger partial charge is 0.0747 e. The number of hydrogen-bond acceptors (Lipinski definition) is 3. The van der Waals surface area contributed by atoms with Crippen molar-refractivity contribution in [2.75, 3.05) is 33.7 Å². The summed E-state index contributed by atoms with van der Waals surface area (Å²) in [5, 5.41) is 10.5. The summed E-state index contributed by atoms with van der Waals surface area (Å²) >= 11 is 3.48. The third-order valence-electron chi connectivity index (χ3n) is 3.89. The van der Waals surface area contributed by atoms with E-state index in [9.17, 15) is 5.11 Å². The van der Waals surface area contributed by atoms with E-state index in [1.165, 1.54) is 12.0 Å². The molecule has 0 radical (unpaired) electrons. The number of likely N-dealkylation sites (N-methyl/N-ethyl adjacent to an activating group) is 2. The van der Waals surface area contributed by atoms with Gasteiger partial charge in [0, 0.05) is 17.1 Å². The predicted molar refractivity (Wildman–Crippen MR) is 82.4 cm³/mol. The van der Waals surface area contributed by atoms with Crippen LogP contribution in [-0.4, -0.2) is 60.8 Å². The third-order valence-corrected chi connectivity index (χ3v) is 4.39. The Hall–Kier alpha value is -0.420. The van der Waals surface area contributed by atoms with Crippen LogP contribution in [-0.2, 0) is 6.42 Å². The van der Waals surface area contributed by atoms with Crippen molar-refractivity contribution in [3.63, 3.8) is 0 Å². The molecule has 4 heteroatoms. The van der Waals surface area contributed by atoms with Gasteiger partial charge in [0.2, 0.25) is 0 Å². The van der Waals surface area contributed by atoms with E-state index < -0.39 is 0 Å². The first-order valence-electron chi connectivity index (χ1n) is 6.87.